The highest BCUT2D eigenvalue weighted by atomic mass is 16.2. The number of amides is 2. The van der Waals surface area contributed by atoms with Crippen LogP contribution in [0.5, 0.6) is 0 Å². The first-order chi connectivity index (χ1) is 8.22. The van der Waals surface area contributed by atoms with Gasteiger partial charge in [-0.25, -0.2) is 11.7 Å². The van der Waals surface area contributed by atoms with Crippen LogP contribution in [0.3, 0.4) is 0 Å². The lowest BCUT2D eigenvalue weighted by Crippen LogP contribution is -2.29. The topological polar surface area (TPSA) is 110 Å². The molecule has 17 heavy (non-hydrogen) atoms. The maximum Gasteiger partial charge on any atom is 0.233 e. The summed E-state index contributed by atoms with van der Waals surface area (Å²) < 4.78 is 0. The van der Waals surface area contributed by atoms with E-state index in [2.05, 4.69) is 18.2 Å². The molecule has 0 atom stereocenters. The monoisotopic (exact) mass is 246 g/mol. The molecule has 2 amide bonds. The number of hydrogen-bond donors (Lipinski definition) is 4. The van der Waals surface area contributed by atoms with Gasteiger partial charge in [0, 0.05) is 6.42 Å². The smallest absolute Gasteiger partial charge is 0.233 e. The highest BCUT2D eigenvalue weighted by molar-refractivity contribution is 5.74. The van der Waals surface area contributed by atoms with Crippen molar-refractivity contribution in [2.75, 3.05) is 0 Å². The Kier molecular flexibility index (Phi) is 18.5. The first-order valence-electron chi connectivity index (χ1n) is 6.12. The Morgan fingerprint density at radius 1 is 1.06 bits per heavy atom. The number of hydrogen-bond acceptors (Lipinski definition) is 4. The molecule has 6 heteroatoms. The summed E-state index contributed by atoms with van der Waals surface area (Å²) in [6, 6.07) is 0. The molecule has 0 bridgehead atoms. The van der Waals surface area contributed by atoms with E-state index in [0.717, 1.165) is 12.8 Å². The summed E-state index contributed by atoms with van der Waals surface area (Å²) in [5.74, 6) is 9.32. The first-order valence-corrected chi connectivity index (χ1v) is 6.12. The standard InChI is InChI=1S/C10H22N2O.CH4N2O/c1-2-3-4-5-6-7-8-9-10(13)12-11;2-3-1-4/h2-9,11H2,1H3,(H,12,13);1H,2H2,(H,3,4). The molecule has 6 nitrogen and oxygen atoms in total. The molecule has 0 radical (unpaired) electrons. The molecule has 0 aromatic carbocycles. The van der Waals surface area contributed by atoms with Crippen LogP contribution in [0.1, 0.15) is 58.3 Å². The Bertz CT molecular complexity index is 177. The van der Waals surface area contributed by atoms with Crippen LogP contribution in [0.4, 0.5) is 0 Å². The van der Waals surface area contributed by atoms with Crippen molar-refractivity contribution in [3.63, 3.8) is 0 Å². The van der Waals surface area contributed by atoms with Crippen LogP contribution in [-0.4, -0.2) is 12.3 Å². The van der Waals surface area contributed by atoms with Crippen molar-refractivity contribution in [2.45, 2.75) is 58.3 Å². The van der Waals surface area contributed by atoms with E-state index in [1.54, 1.807) is 5.43 Å². The van der Waals surface area contributed by atoms with Gasteiger partial charge in [-0.05, 0) is 6.42 Å². The highest BCUT2D eigenvalue weighted by Gasteiger charge is 1.96. The number of nitrogens with two attached hydrogens (primary N) is 2. The molecule has 0 aliphatic carbocycles. The molecule has 0 saturated carbocycles. The molecule has 102 valence electrons. The summed E-state index contributed by atoms with van der Waals surface area (Å²) in [6.45, 7) is 2.21. The second-order valence-electron chi connectivity index (χ2n) is 3.72. The third kappa shape index (κ3) is 20.8. The number of carbonyl (C=O) groups is 2. The molecule has 0 unspecified atom stereocenters. The molecule has 0 aromatic heterocycles. The van der Waals surface area contributed by atoms with Crippen LogP contribution < -0.4 is 22.5 Å². The number of unbranched alkanes of at least 4 members (excludes halogenated alkanes) is 6. The Balaban J connectivity index is 0. The lowest BCUT2D eigenvalue weighted by molar-refractivity contribution is -0.121. The minimum atomic E-state index is -0.0476. The van der Waals surface area contributed by atoms with Gasteiger partial charge in [-0.3, -0.25) is 20.4 Å². The molecule has 0 aliphatic heterocycles. The molecule has 0 heterocycles. The lowest BCUT2D eigenvalue weighted by atomic mass is 10.1. The fourth-order valence-corrected chi connectivity index (χ4v) is 1.31. The van der Waals surface area contributed by atoms with Gasteiger partial charge < -0.3 is 0 Å². The van der Waals surface area contributed by atoms with Crippen molar-refractivity contribution in [1.82, 2.24) is 10.9 Å². The zero-order valence-corrected chi connectivity index (χ0v) is 10.7. The van der Waals surface area contributed by atoms with Gasteiger partial charge >= 0.3 is 0 Å². The molecule has 0 spiro atoms. The maximum absolute atomic E-state index is 10.7. The van der Waals surface area contributed by atoms with E-state index in [1.165, 1.54) is 32.1 Å². The van der Waals surface area contributed by atoms with E-state index in [9.17, 15) is 4.79 Å². The summed E-state index contributed by atoms with van der Waals surface area (Å²) in [6.07, 6.45) is 9.60. The Hall–Kier alpha value is -1.14. The van der Waals surface area contributed by atoms with E-state index in [1.807, 2.05) is 0 Å². The summed E-state index contributed by atoms with van der Waals surface area (Å²) in [5, 5.41) is 0. The van der Waals surface area contributed by atoms with Crippen LogP contribution >= 0.6 is 0 Å². The van der Waals surface area contributed by atoms with Crippen LogP contribution in [-0.2, 0) is 9.59 Å². The van der Waals surface area contributed by atoms with Crippen LogP contribution in [0.25, 0.3) is 0 Å². The Morgan fingerprint density at radius 2 is 1.53 bits per heavy atom. The van der Waals surface area contributed by atoms with E-state index >= 15 is 0 Å². The van der Waals surface area contributed by atoms with Crippen LogP contribution in [0, 0.1) is 0 Å². The van der Waals surface area contributed by atoms with Crippen LogP contribution in [0.2, 0.25) is 0 Å². The van der Waals surface area contributed by atoms with Crippen molar-refractivity contribution in [3.05, 3.63) is 0 Å². The minimum absolute atomic E-state index is 0.0476. The summed E-state index contributed by atoms with van der Waals surface area (Å²) in [5.41, 5.74) is 3.89. The molecular formula is C11H26N4O2. The molecule has 0 aliphatic rings. The average molecular weight is 246 g/mol. The Labute approximate surface area is 103 Å². The second-order valence-corrected chi connectivity index (χ2v) is 3.72. The minimum Gasteiger partial charge on any atom is -0.297 e. The van der Waals surface area contributed by atoms with Gasteiger partial charge in [0.25, 0.3) is 0 Å². The number of nitrogens with one attached hydrogen (secondary N) is 2. The third-order valence-corrected chi connectivity index (χ3v) is 2.24. The van der Waals surface area contributed by atoms with E-state index in [4.69, 9.17) is 10.6 Å². The predicted molar refractivity (Wildman–Crippen MR) is 68.3 cm³/mol. The molecule has 0 aromatic rings. The number of hydrazine groups is 2. The van der Waals surface area contributed by atoms with E-state index < -0.39 is 0 Å². The van der Waals surface area contributed by atoms with Gasteiger partial charge in [0.05, 0.1) is 0 Å². The normalized spacial score (nSPS) is 8.88. The zero-order valence-electron chi connectivity index (χ0n) is 10.7. The third-order valence-electron chi connectivity index (χ3n) is 2.24. The van der Waals surface area contributed by atoms with Crippen LogP contribution in [0.15, 0.2) is 0 Å². The highest BCUT2D eigenvalue weighted by Crippen LogP contribution is 2.07. The van der Waals surface area contributed by atoms with Gasteiger partial charge in [-0.1, -0.05) is 45.4 Å². The van der Waals surface area contributed by atoms with Crippen molar-refractivity contribution in [3.8, 4) is 0 Å². The predicted octanol–water partition coefficient (Wildman–Crippen LogP) is 0.723. The van der Waals surface area contributed by atoms with Gasteiger partial charge in [-0.2, -0.15) is 0 Å². The second kappa shape index (κ2) is 17.3. The molecule has 6 N–H and O–H groups in total. The first kappa shape index (κ1) is 18.2. The largest absolute Gasteiger partial charge is 0.297 e. The maximum atomic E-state index is 10.7. The molecule has 0 saturated heterocycles. The van der Waals surface area contributed by atoms with Gasteiger partial charge in [0.15, 0.2) is 0 Å². The van der Waals surface area contributed by atoms with Gasteiger partial charge in [0.1, 0.15) is 0 Å². The van der Waals surface area contributed by atoms with E-state index in [-0.39, 0.29) is 5.91 Å². The van der Waals surface area contributed by atoms with Gasteiger partial charge in [0.2, 0.25) is 12.3 Å². The molecule has 0 rings (SSSR count). The number of rotatable bonds is 9. The van der Waals surface area contributed by atoms with Gasteiger partial charge in [-0.15, -0.1) is 0 Å². The van der Waals surface area contributed by atoms with Crippen molar-refractivity contribution in [2.24, 2.45) is 11.7 Å². The van der Waals surface area contributed by atoms with Crippen molar-refractivity contribution >= 4 is 12.3 Å². The van der Waals surface area contributed by atoms with Crippen molar-refractivity contribution < 1.29 is 9.59 Å². The van der Waals surface area contributed by atoms with Crippen molar-refractivity contribution in [1.29, 1.82) is 0 Å². The number of carbonyl (C=O) groups excluding carboxylic acids is 2. The summed E-state index contributed by atoms with van der Waals surface area (Å²) in [7, 11) is 0. The summed E-state index contributed by atoms with van der Waals surface area (Å²) >= 11 is 0. The fourth-order valence-electron chi connectivity index (χ4n) is 1.31. The summed E-state index contributed by atoms with van der Waals surface area (Å²) in [4.78, 5) is 19.6. The molecular weight excluding hydrogens is 220 g/mol. The average Bonchev–Trinajstić information content (AvgIpc) is 2.37. The molecule has 0 fully saturated rings. The zero-order chi connectivity index (χ0) is 13.4. The van der Waals surface area contributed by atoms with E-state index in [0.29, 0.717) is 12.8 Å². The quantitative estimate of drug-likeness (QED) is 0.158. The lowest BCUT2D eigenvalue weighted by Gasteiger charge is -2.00. The SMILES string of the molecule is CCCCCCCCCC(=O)NN.NNC=O. The fraction of sp³-hybridized carbons (Fsp3) is 0.818. The Morgan fingerprint density at radius 3 is 1.94 bits per heavy atom.